The van der Waals surface area contributed by atoms with Crippen molar-refractivity contribution < 1.29 is 14.1 Å². The fourth-order valence-electron chi connectivity index (χ4n) is 1.19. The Balaban J connectivity index is 2.57. The monoisotopic (exact) mass is 260 g/mol. The maximum Gasteiger partial charge on any atom is 0.273 e. The summed E-state index contributed by atoms with van der Waals surface area (Å²) in [6.07, 6.45) is 0. The maximum atomic E-state index is 11.8. The summed E-state index contributed by atoms with van der Waals surface area (Å²) in [4.78, 5) is 11.8. The Morgan fingerprint density at radius 2 is 2.35 bits per heavy atom. The van der Waals surface area contributed by atoms with Crippen molar-refractivity contribution in [2.45, 2.75) is 26.5 Å². The van der Waals surface area contributed by atoms with Gasteiger partial charge in [0.05, 0.1) is 0 Å². The molecule has 0 bridgehead atoms. The molecule has 2 atom stereocenters. The van der Waals surface area contributed by atoms with Gasteiger partial charge in [-0.3, -0.25) is 4.79 Å². The number of halogens is 1. The lowest BCUT2D eigenvalue weighted by Crippen LogP contribution is -2.37. The van der Waals surface area contributed by atoms with Gasteiger partial charge in [0.25, 0.3) is 5.91 Å². The van der Waals surface area contributed by atoms with Crippen LogP contribution in [-0.4, -0.2) is 30.1 Å². The van der Waals surface area contributed by atoms with Gasteiger partial charge in [0.2, 0.25) is 0 Å². The van der Waals surface area contributed by atoms with Crippen LogP contribution in [0.2, 0.25) is 0 Å². The third-order valence-corrected chi connectivity index (χ3v) is 3.02. The molecule has 1 aromatic heterocycles. The second kappa shape index (κ2) is 6.61. The number of rotatable bonds is 6. The number of carbonyl (C=O) groups is 1. The number of hydrogen-bond acceptors (Lipinski definition) is 4. The number of amides is 1. The van der Waals surface area contributed by atoms with Crippen molar-refractivity contribution in [3.63, 3.8) is 0 Å². The average molecular weight is 261 g/mol. The van der Waals surface area contributed by atoms with Crippen LogP contribution in [0.1, 0.15) is 30.1 Å². The number of nitrogens with one attached hydrogen (secondary N) is 1. The van der Waals surface area contributed by atoms with E-state index in [1.54, 1.807) is 13.2 Å². The van der Waals surface area contributed by atoms with Crippen molar-refractivity contribution in [2.24, 2.45) is 5.92 Å². The Bertz CT molecular complexity index is 367. The molecule has 0 aliphatic heterocycles. The molecule has 1 aromatic rings. The largest absolute Gasteiger partial charge is 0.377 e. The maximum absolute atomic E-state index is 11.8. The number of ether oxygens (including phenoxy) is 1. The lowest BCUT2D eigenvalue weighted by Gasteiger charge is -2.18. The predicted octanol–water partition coefficient (Wildman–Crippen LogP) is 1.81. The Morgan fingerprint density at radius 1 is 1.65 bits per heavy atom. The molecule has 6 heteroatoms. The van der Waals surface area contributed by atoms with Crippen molar-refractivity contribution in [1.29, 1.82) is 0 Å². The highest BCUT2D eigenvalue weighted by Crippen LogP contribution is 2.08. The highest BCUT2D eigenvalue weighted by Gasteiger charge is 2.17. The van der Waals surface area contributed by atoms with Gasteiger partial charge in [0, 0.05) is 25.1 Å². The van der Waals surface area contributed by atoms with E-state index in [4.69, 9.17) is 20.9 Å². The molecule has 0 aliphatic rings. The zero-order valence-corrected chi connectivity index (χ0v) is 11.0. The zero-order chi connectivity index (χ0) is 12.8. The van der Waals surface area contributed by atoms with E-state index in [1.807, 2.05) is 13.8 Å². The van der Waals surface area contributed by atoms with Gasteiger partial charge in [0.1, 0.15) is 6.61 Å². The Kier molecular flexibility index (Phi) is 5.44. The Hall–Kier alpha value is -1.07. The summed E-state index contributed by atoms with van der Waals surface area (Å²) in [6, 6.07) is 1.55. The van der Waals surface area contributed by atoms with Gasteiger partial charge in [-0.2, -0.15) is 0 Å². The normalized spacial score (nSPS) is 14.4. The van der Waals surface area contributed by atoms with E-state index in [9.17, 15) is 4.79 Å². The molecular formula is C11H17ClN2O3. The summed E-state index contributed by atoms with van der Waals surface area (Å²) in [7, 11) is 1.55. The van der Waals surface area contributed by atoms with Crippen LogP contribution in [-0.2, 0) is 11.3 Å². The molecule has 96 valence electrons. The molecule has 1 amide bonds. The fourth-order valence-corrected chi connectivity index (χ4v) is 1.45. The second-order valence-electron chi connectivity index (χ2n) is 4.01. The van der Waals surface area contributed by atoms with E-state index in [0.29, 0.717) is 18.2 Å². The SMILES string of the molecule is COCc1cc(C(=O)NC(C)C(C)CCl)no1. The van der Waals surface area contributed by atoms with Crippen molar-refractivity contribution in [3.8, 4) is 0 Å². The summed E-state index contributed by atoms with van der Waals surface area (Å²) in [5.41, 5.74) is 0.255. The topological polar surface area (TPSA) is 64.4 Å². The smallest absolute Gasteiger partial charge is 0.273 e. The van der Waals surface area contributed by atoms with Gasteiger partial charge >= 0.3 is 0 Å². The van der Waals surface area contributed by atoms with Crippen LogP contribution in [0.25, 0.3) is 0 Å². The summed E-state index contributed by atoms with van der Waals surface area (Å²) < 4.78 is 9.81. The third-order valence-electron chi connectivity index (χ3n) is 2.53. The van der Waals surface area contributed by atoms with Crippen molar-refractivity contribution in [2.75, 3.05) is 13.0 Å². The highest BCUT2D eigenvalue weighted by molar-refractivity contribution is 6.18. The van der Waals surface area contributed by atoms with Gasteiger partial charge in [0.15, 0.2) is 11.5 Å². The number of alkyl halides is 1. The van der Waals surface area contributed by atoms with Gasteiger partial charge < -0.3 is 14.6 Å². The molecule has 5 nitrogen and oxygen atoms in total. The lowest BCUT2D eigenvalue weighted by atomic mass is 10.1. The Morgan fingerprint density at radius 3 is 2.94 bits per heavy atom. The number of carbonyl (C=O) groups excluding carboxylic acids is 1. The first-order valence-corrected chi connectivity index (χ1v) is 5.93. The molecule has 0 saturated carbocycles. The molecule has 0 saturated heterocycles. The third kappa shape index (κ3) is 4.02. The summed E-state index contributed by atoms with van der Waals surface area (Å²) >= 11 is 5.72. The summed E-state index contributed by atoms with van der Waals surface area (Å²) in [5.74, 6) is 0.956. The minimum atomic E-state index is -0.263. The van der Waals surface area contributed by atoms with E-state index < -0.39 is 0 Å². The van der Waals surface area contributed by atoms with Crippen LogP contribution < -0.4 is 5.32 Å². The van der Waals surface area contributed by atoms with E-state index >= 15 is 0 Å². The van der Waals surface area contributed by atoms with Crippen LogP contribution in [0.15, 0.2) is 10.6 Å². The molecule has 0 spiro atoms. The van der Waals surface area contributed by atoms with E-state index in [2.05, 4.69) is 10.5 Å². The van der Waals surface area contributed by atoms with E-state index in [1.165, 1.54) is 0 Å². The number of aromatic nitrogens is 1. The molecule has 0 aliphatic carbocycles. The van der Waals surface area contributed by atoms with Crippen LogP contribution >= 0.6 is 11.6 Å². The van der Waals surface area contributed by atoms with Crippen molar-refractivity contribution >= 4 is 17.5 Å². The average Bonchev–Trinajstić information content (AvgIpc) is 2.77. The molecule has 17 heavy (non-hydrogen) atoms. The van der Waals surface area contributed by atoms with Crippen molar-refractivity contribution in [3.05, 3.63) is 17.5 Å². The van der Waals surface area contributed by atoms with Crippen LogP contribution in [0.4, 0.5) is 0 Å². The van der Waals surface area contributed by atoms with Gasteiger partial charge in [-0.1, -0.05) is 12.1 Å². The first-order chi connectivity index (χ1) is 8.08. The van der Waals surface area contributed by atoms with Crippen molar-refractivity contribution in [1.82, 2.24) is 10.5 Å². The highest BCUT2D eigenvalue weighted by atomic mass is 35.5. The van der Waals surface area contributed by atoms with Gasteiger partial charge in [-0.15, -0.1) is 11.6 Å². The minimum absolute atomic E-state index is 0.0115. The second-order valence-corrected chi connectivity index (χ2v) is 4.31. The number of methoxy groups -OCH3 is 1. The predicted molar refractivity (Wildman–Crippen MR) is 64.0 cm³/mol. The molecule has 1 N–H and O–H groups in total. The number of nitrogens with zero attached hydrogens (tertiary/aromatic N) is 1. The Labute approximate surface area is 105 Å². The fraction of sp³-hybridized carbons (Fsp3) is 0.636. The summed E-state index contributed by atoms with van der Waals surface area (Å²) in [6.45, 7) is 4.17. The van der Waals surface area contributed by atoms with Crippen LogP contribution in [0, 0.1) is 5.92 Å². The van der Waals surface area contributed by atoms with Gasteiger partial charge in [-0.25, -0.2) is 0 Å². The van der Waals surface area contributed by atoms with Crippen LogP contribution in [0.3, 0.4) is 0 Å². The molecule has 1 rings (SSSR count). The molecule has 0 radical (unpaired) electrons. The molecule has 0 fully saturated rings. The standard InChI is InChI=1S/C11H17ClN2O3/c1-7(5-12)8(2)13-11(15)10-4-9(6-16-3)17-14-10/h4,7-8H,5-6H2,1-3H3,(H,13,15). The molecule has 0 aromatic carbocycles. The zero-order valence-electron chi connectivity index (χ0n) is 10.2. The van der Waals surface area contributed by atoms with Crippen LogP contribution in [0.5, 0.6) is 0 Å². The van der Waals surface area contributed by atoms with E-state index in [0.717, 1.165) is 0 Å². The minimum Gasteiger partial charge on any atom is -0.377 e. The molecule has 2 unspecified atom stereocenters. The molecular weight excluding hydrogens is 244 g/mol. The quantitative estimate of drug-likeness (QED) is 0.793. The summed E-state index contributed by atoms with van der Waals surface area (Å²) in [5, 5.41) is 6.49. The molecule has 1 heterocycles. The first-order valence-electron chi connectivity index (χ1n) is 5.39. The first kappa shape index (κ1) is 14.0. The van der Waals surface area contributed by atoms with E-state index in [-0.39, 0.29) is 23.6 Å². The van der Waals surface area contributed by atoms with Gasteiger partial charge in [-0.05, 0) is 12.8 Å². The lowest BCUT2D eigenvalue weighted by molar-refractivity contribution is 0.0921. The number of hydrogen-bond donors (Lipinski definition) is 1.